The molecule has 7 aromatic rings. The second-order valence-electron chi connectivity index (χ2n) is 10.1. The highest BCUT2D eigenvalue weighted by Crippen LogP contribution is 2.48. The van der Waals surface area contributed by atoms with Gasteiger partial charge in [-0.05, 0) is 62.4 Å². The lowest BCUT2D eigenvalue weighted by molar-refractivity contribution is 1.07. The summed E-state index contributed by atoms with van der Waals surface area (Å²) in [5.74, 6) is 1.99. The van der Waals surface area contributed by atoms with Gasteiger partial charge in [0.2, 0.25) is 0 Å². The van der Waals surface area contributed by atoms with E-state index in [0.29, 0.717) is 17.5 Å². The number of rotatable bonds is 4. The van der Waals surface area contributed by atoms with Gasteiger partial charge in [-0.25, -0.2) is 15.0 Å². The van der Waals surface area contributed by atoms with Crippen LogP contribution in [-0.4, -0.2) is 15.0 Å². The second kappa shape index (κ2) is 9.11. The van der Waals surface area contributed by atoms with E-state index in [0.717, 1.165) is 22.3 Å². The van der Waals surface area contributed by atoms with E-state index in [-0.39, 0.29) is 0 Å². The smallest absolute Gasteiger partial charge is 0.164 e. The molecule has 0 spiro atoms. The molecule has 0 fully saturated rings. The fourth-order valence-corrected chi connectivity index (χ4v) is 5.76. The van der Waals surface area contributed by atoms with Gasteiger partial charge in [-0.15, -0.1) is 0 Å². The van der Waals surface area contributed by atoms with Crippen LogP contribution in [0.3, 0.4) is 0 Å². The van der Waals surface area contributed by atoms with E-state index in [1.807, 2.05) is 60.7 Å². The summed E-state index contributed by atoms with van der Waals surface area (Å²) in [6, 6.07) is 48.6. The highest BCUT2D eigenvalue weighted by molar-refractivity contribution is 6.16. The minimum atomic E-state index is 0.660. The predicted octanol–water partition coefficient (Wildman–Crippen LogP) is 9.34. The standard InChI is InChI=1S/C37H23N3/c1-3-11-24(12-4-1)35-38-36(25-13-5-2-6-14-25)40-37(39-35)28-17-9-15-26(21-28)29-22-27-16-10-20-32-30-18-7-8-19-31(30)33(23-29)34(27)32/h1-23H. The summed E-state index contributed by atoms with van der Waals surface area (Å²) < 4.78 is 0. The van der Waals surface area contributed by atoms with Crippen LogP contribution in [0.5, 0.6) is 0 Å². The van der Waals surface area contributed by atoms with Gasteiger partial charge in [-0.2, -0.15) is 0 Å². The minimum absolute atomic E-state index is 0.660. The van der Waals surface area contributed by atoms with Gasteiger partial charge in [0.1, 0.15) is 0 Å². The SMILES string of the molecule is c1ccc(-c2nc(-c3ccccc3)nc(-c3cccc(-c4cc5c6c(cccc6c4)-c4ccccc4-5)c3)n2)cc1. The largest absolute Gasteiger partial charge is 0.208 e. The highest BCUT2D eigenvalue weighted by Gasteiger charge is 2.21. The summed E-state index contributed by atoms with van der Waals surface area (Å²) in [6.07, 6.45) is 0. The van der Waals surface area contributed by atoms with E-state index in [9.17, 15) is 0 Å². The third-order valence-electron chi connectivity index (χ3n) is 7.64. The first-order chi connectivity index (χ1) is 19.8. The van der Waals surface area contributed by atoms with Crippen molar-refractivity contribution in [3.63, 3.8) is 0 Å². The molecule has 1 heterocycles. The van der Waals surface area contributed by atoms with E-state index in [2.05, 4.69) is 78.9 Å². The predicted molar refractivity (Wildman–Crippen MR) is 164 cm³/mol. The van der Waals surface area contributed by atoms with Crippen molar-refractivity contribution in [1.29, 1.82) is 0 Å². The zero-order valence-corrected chi connectivity index (χ0v) is 21.6. The van der Waals surface area contributed by atoms with Crippen molar-refractivity contribution in [1.82, 2.24) is 15.0 Å². The summed E-state index contributed by atoms with van der Waals surface area (Å²) in [4.78, 5) is 14.7. The van der Waals surface area contributed by atoms with Crippen molar-refractivity contribution >= 4 is 10.8 Å². The normalized spacial score (nSPS) is 11.5. The average Bonchev–Trinajstić information content (AvgIpc) is 3.36. The molecule has 0 atom stereocenters. The first kappa shape index (κ1) is 22.6. The van der Waals surface area contributed by atoms with Crippen molar-refractivity contribution in [2.24, 2.45) is 0 Å². The van der Waals surface area contributed by atoms with Crippen LogP contribution in [0, 0.1) is 0 Å². The van der Waals surface area contributed by atoms with E-state index >= 15 is 0 Å². The number of fused-ring (bicyclic) bond motifs is 3. The topological polar surface area (TPSA) is 38.7 Å². The molecule has 0 unspecified atom stereocenters. The molecule has 1 aromatic heterocycles. The van der Waals surface area contributed by atoms with Gasteiger partial charge in [0.15, 0.2) is 17.5 Å². The van der Waals surface area contributed by atoms with E-state index in [1.165, 1.54) is 38.6 Å². The Balaban J connectivity index is 1.29. The number of nitrogens with zero attached hydrogens (tertiary/aromatic N) is 3. The van der Waals surface area contributed by atoms with E-state index in [1.54, 1.807) is 0 Å². The average molecular weight is 510 g/mol. The second-order valence-corrected chi connectivity index (χ2v) is 10.1. The summed E-state index contributed by atoms with van der Waals surface area (Å²) in [5.41, 5.74) is 10.4. The van der Waals surface area contributed by atoms with Crippen molar-refractivity contribution in [3.8, 4) is 67.5 Å². The van der Waals surface area contributed by atoms with Gasteiger partial charge in [-0.1, -0.05) is 121 Å². The molecule has 1 aliphatic rings. The molecule has 6 aromatic carbocycles. The lowest BCUT2D eigenvalue weighted by Gasteiger charge is -2.11. The first-order valence-corrected chi connectivity index (χ1v) is 13.5. The maximum atomic E-state index is 4.93. The molecular weight excluding hydrogens is 486 g/mol. The highest BCUT2D eigenvalue weighted by atomic mass is 15.0. The van der Waals surface area contributed by atoms with Crippen LogP contribution in [-0.2, 0) is 0 Å². The number of aromatic nitrogens is 3. The minimum Gasteiger partial charge on any atom is -0.208 e. The van der Waals surface area contributed by atoms with Crippen LogP contribution in [0.15, 0.2) is 140 Å². The summed E-state index contributed by atoms with van der Waals surface area (Å²) in [5, 5.41) is 2.59. The quantitative estimate of drug-likeness (QED) is 0.237. The molecule has 186 valence electrons. The Bertz CT molecular complexity index is 1990. The molecule has 0 radical (unpaired) electrons. The monoisotopic (exact) mass is 509 g/mol. The lowest BCUT2D eigenvalue weighted by Crippen LogP contribution is -2.00. The summed E-state index contributed by atoms with van der Waals surface area (Å²) >= 11 is 0. The molecule has 3 nitrogen and oxygen atoms in total. The molecule has 1 aliphatic carbocycles. The lowest BCUT2D eigenvalue weighted by atomic mass is 9.95. The first-order valence-electron chi connectivity index (χ1n) is 13.5. The maximum absolute atomic E-state index is 4.93. The molecule has 0 bridgehead atoms. The Morgan fingerprint density at radius 3 is 1.48 bits per heavy atom. The molecule has 0 aliphatic heterocycles. The molecule has 0 saturated carbocycles. The van der Waals surface area contributed by atoms with Gasteiger partial charge in [0.05, 0.1) is 0 Å². The van der Waals surface area contributed by atoms with Crippen molar-refractivity contribution < 1.29 is 0 Å². The van der Waals surface area contributed by atoms with Crippen LogP contribution in [0.4, 0.5) is 0 Å². The Morgan fingerprint density at radius 2 is 0.800 bits per heavy atom. The van der Waals surface area contributed by atoms with Gasteiger partial charge in [0, 0.05) is 16.7 Å². The van der Waals surface area contributed by atoms with Crippen LogP contribution >= 0.6 is 0 Å². The van der Waals surface area contributed by atoms with E-state index in [4.69, 9.17) is 15.0 Å². The zero-order chi connectivity index (χ0) is 26.5. The van der Waals surface area contributed by atoms with Crippen LogP contribution in [0.2, 0.25) is 0 Å². The third-order valence-corrected chi connectivity index (χ3v) is 7.64. The molecule has 0 N–H and O–H groups in total. The number of hydrogen-bond donors (Lipinski definition) is 0. The Morgan fingerprint density at radius 1 is 0.300 bits per heavy atom. The Kier molecular flexibility index (Phi) is 5.14. The van der Waals surface area contributed by atoms with Crippen molar-refractivity contribution in [3.05, 3.63) is 140 Å². The van der Waals surface area contributed by atoms with Crippen molar-refractivity contribution in [2.45, 2.75) is 0 Å². The fourth-order valence-electron chi connectivity index (χ4n) is 5.76. The zero-order valence-electron chi connectivity index (χ0n) is 21.6. The molecule has 0 saturated heterocycles. The number of hydrogen-bond acceptors (Lipinski definition) is 3. The van der Waals surface area contributed by atoms with E-state index < -0.39 is 0 Å². The van der Waals surface area contributed by atoms with Crippen LogP contribution in [0.25, 0.3) is 78.3 Å². The molecule has 3 heteroatoms. The van der Waals surface area contributed by atoms with Gasteiger partial charge < -0.3 is 0 Å². The Labute approximate surface area is 232 Å². The van der Waals surface area contributed by atoms with Crippen LogP contribution < -0.4 is 0 Å². The third kappa shape index (κ3) is 3.71. The van der Waals surface area contributed by atoms with Crippen LogP contribution in [0.1, 0.15) is 0 Å². The molecule has 0 amide bonds. The fraction of sp³-hybridized carbons (Fsp3) is 0. The molecule has 8 rings (SSSR count). The number of benzene rings is 6. The van der Waals surface area contributed by atoms with Gasteiger partial charge >= 0.3 is 0 Å². The Hall–Kier alpha value is -5.41. The summed E-state index contributed by atoms with van der Waals surface area (Å²) in [7, 11) is 0. The van der Waals surface area contributed by atoms with Crippen molar-refractivity contribution in [2.75, 3.05) is 0 Å². The molecule has 40 heavy (non-hydrogen) atoms. The van der Waals surface area contributed by atoms with Gasteiger partial charge in [-0.3, -0.25) is 0 Å². The molecular formula is C37H23N3. The maximum Gasteiger partial charge on any atom is 0.164 e. The summed E-state index contributed by atoms with van der Waals surface area (Å²) in [6.45, 7) is 0. The van der Waals surface area contributed by atoms with Gasteiger partial charge in [0.25, 0.3) is 0 Å².